The molecule has 4 rings (SSSR count). The summed E-state index contributed by atoms with van der Waals surface area (Å²) in [4.78, 5) is 21.2. The van der Waals surface area contributed by atoms with Gasteiger partial charge >= 0.3 is 0 Å². The zero-order chi connectivity index (χ0) is 20.8. The Balaban J connectivity index is 1.58. The van der Waals surface area contributed by atoms with Crippen molar-refractivity contribution in [2.24, 2.45) is 0 Å². The van der Waals surface area contributed by atoms with Crippen molar-refractivity contribution in [1.29, 1.82) is 0 Å². The number of aliphatic hydroxyl groups is 1. The first-order chi connectivity index (χ1) is 14.7. The van der Waals surface area contributed by atoms with Crippen LogP contribution in [0.4, 0.5) is 5.82 Å². The highest BCUT2D eigenvalue weighted by molar-refractivity contribution is 5.95. The lowest BCUT2D eigenvalue weighted by Crippen LogP contribution is -2.26. The smallest absolute Gasteiger partial charge is 0.251 e. The number of benzene rings is 1. The van der Waals surface area contributed by atoms with Crippen LogP contribution in [0.3, 0.4) is 0 Å². The molecule has 30 heavy (non-hydrogen) atoms. The highest BCUT2D eigenvalue weighted by Gasteiger charge is 2.11. The number of pyridine rings is 1. The van der Waals surface area contributed by atoms with Crippen molar-refractivity contribution in [3.63, 3.8) is 0 Å². The fraction of sp³-hybridized carbons (Fsp3) is 0.182. The van der Waals surface area contributed by atoms with Crippen LogP contribution in [0.5, 0.6) is 0 Å². The summed E-state index contributed by atoms with van der Waals surface area (Å²) in [5, 5.41) is 19.3. The van der Waals surface area contributed by atoms with Crippen molar-refractivity contribution in [1.82, 2.24) is 24.9 Å². The van der Waals surface area contributed by atoms with E-state index < -0.39 is 0 Å². The van der Waals surface area contributed by atoms with E-state index >= 15 is 0 Å². The number of rotatable bonds is 8. The quantitative estimate of drug-likeness (QED) is 0.417. The summed E-state index contributed by atoms with van der Waals surface area (Å²) in [6.45, 7) is 0.810. The lowest BCUT2D eigenvalue weighted by molar-refractivity contribution is 0.0945. The van der Waals surface area contributed by atoms with E-state index in [0.29, 0.717) is 17.8 Å². The Kier molecular flexibility index (Phi) is 5.95. The number of nitrogens with zero attached hydrogens (tertiary/aromatic N) is 4. The molecule has 0 fully saturated rings. The molecule has 0 radical (unpaired) electrons. The van der Waals surface area contributed by atoms with E-state index in [4.69, 9.17) is 5.11 Å². The monoisotopic (exact) mass is 402 g/mol. The van der Waals surface area contributed by atoms with Crippen LogP contribution in [-0.2, 0) is 6.42 Å². The standard InChI is InChI=1S/C22H22N6O2/c29-13-12-25-22(30)17-5-3-4-16(14-17)19-15-21(28-20(27-19)8-11-26-28)24-10-7-18-6-1-2-9-23-18/h1-6,8-9,11,14-15,24,29H,7,10,12-13H2,(H,25,30). The molecule has 0 aliphatic rings. The SMILES string of the molecule is O=C(NCCO)c1cccc(-c2cc(NCCc3ccccn3)n3nccc3n2)c1. The molecule has 1 amide bonds. The third-order valence-electron chi connectivity index (χ3n) is 4.59. The van der Waals surface area contributed by atoms with Crippen molar-refractivity contribution >= 4 is 17.4 Å². The second kappa shape index (κ2) is 9.15. The summed E-state index contributed by atoms with van der Waals surface area (Å²) in [7, 11) is 0. The van der Waals surface area contributed by atoms with Crippen LogP contribution in [0.1, 0.15) is 16.1 Å². The molecule has 0 unspecified atom stereocenters. The van der Waals surface area contributed by atoms with Gasteiger partial charge in [0.05, 0.1) is 18.5 Å². The summed E-state index contributed by atoms with van der Waals surface area (Å²) >= 11 is 0. The Hall–Kier alpha value is -3.78. The molecule has 1 aromatic carbocycles. The van der Waals surface area contributed by atoms with Crippen molar-refractivity contribution in [3.05, 3.63) is 78.2 Å². The van der Waals surface area contributed by atoms with Gasteiger partial charge in [-0.2, -0.15) is 9.61 Å². The van der Waals surface area contributed by atoms with Gasteiger partial charge in [0.25, 0.3) is 5.91 Å². The van der Waals surface area contributed by atoms with Gasteiger partial charge in [-0.25, -0.2) is 4.98 Å². The van der Waals surface area contributed by atoms with Crippen LogP contribution < -0.4 is 10.6 Å². The van der Waals surface area contributed by atoms with Gasteiger partial charge in [0, 0.05) is 54.7 Å². The van der Waals surface area contributed by atoms with Crippen LogP contribution in [0.25, 0.3) is 16.9 Å². The van der Waals surface area contributed by atoms with Gasteiger partial charge in [0.2, 0.25) is 0 Å². The minimum absolute atomic E-state index is 0.0988. The Bertz CT molecular complexity index is 1140. The molecule has 0 aliphatic carbocycles. The number of amides is 1. The van der Waals surface area contributed by atoms with Crippen LogP contribution in [-0.4, -0.2) is 50.3 Å². The number of fused-ring (bicyclic) bond motifs is 1. The van der Waals surface area contributed by atoms with Crippen molar-refractivity contribution in [2.75, 3.05) is 25.0 Å². The highest BCUT2D eigenvalue weighted by Crippen LogP contribution is 2.23. The molecular formula is C22H22N6O2. The van der Waals surface area contributed by atoms with E-state index in [-0.39, 0.29) is 19.1 Å². The van der Waals surface area contributed by atoms with E-state index in [1.165, 1.54) is 0 Å². The first-order valence-corrected chi connectivity index (χ1v) is 9.72. The largest absolute Gasteiger partial charge is 0.395 e. The van der Waals surface area contributed by atoms with Gasteiger partial charge in [-0.3, -0.25) is 9.78 Å². The normalized spacial score (nSPS) is 10.8. The third kappa shape index (κ3) is 4.44. The topological polar surface area (TPSA) is 104 Å². The first-order valence-electron chi connectivity index (χ1n) is 9.72. The molecule has 0 saturated heterocycles. The minimum atomic E-state index is -0.231. The summed E-state index contributed by atoms with van der Waals surface area (Å²) < 4.78 is 1.75. The number of nitrogens with one attached hydrogen (secondary N) is 2. The summed E-state index contributed by atoms with van der Waals surface area (Å²) in [6, 6.07) is 16.9. The Morgan fingerprint density at radius 3 is 2.80 bits per heavy atom. The fourth-order valence-electron chi connectivity index (χ4n) is 3.14. The average Bonchev–Trinajstić information content (AvgIpc) is 3.27. The second-order valence-corrected chi connectivity index (χ2v) is 6.69. The number of carbonyl (C=O) groups excluding carboxylic acids is 1. The van der Waals surface area contributed by atoms with Gasteiger partial charge in [0.1, 0.15) is 5.82 Å². The van der Waals surface area contributed by atoms with Crippen LogP contribution >= 0.6 is 0 Å². The molecule has 0 spiro atoms. The number of carbonyl (C=O) groups is 1. The maximum Gasteiger partial charge on any atom is 0.251 e. The van der Waals surface area contributed by atoms with Crippen LogP contribution in [0.2, 0.25) is 0 Å². The predicted molar refractivity (Wildman–Crippen MR) is 114 cm³/mol. The average molecular weight is 402 g/mol. The lowest BCUT2D eigenvalue weighted by atomic mass is 10.1. The molecule has 0 atom stereocenters. The fourth-order valence-corrected chi connectivity index (χ4v) is 3.14. The molecule has 0 bridgehead atoms. The predicted octanol–water partition coefficient (Wildman–Crippen LogP) is 2.17. The Morgan fingerprint density at radius 2 is 1.97 bits per heavy atom. The highest BCUT2D eigenvalue weighted by atomic mass is 16.3. The van der Waals surface area contributed by atoms with Gasteiger partial charge in [-0.15, -0.1) is 0 Å². The van der Waals surface area contributed by atoms with Crippen LogP contribution in [0, 0.1) is 0 Å². The van der Waals surface area contributed by atoms with Crippen molar-refractivity contribution < 1.29 is 9.90 Å². The molecule has 0 aliphatic heterocycles. The van der Waals surface area contributed by atoms with Crippen molar-refractivity contribution in [2.45, 2.75) is 6.42 Å². The molecular weight excluding hydrogens is 380 g/mol. The minimum Gasteiger partial charge on any atom is -0.395 e. The molecule has 0 saturated carbocycles. The molecule has 152 valence electrons. The zero-order valence-corrected chi connectivity index (χ0v) is 16.3. The molecule has 3 N–H and O–H groups in total. The number of hydrogen-bond acceptors (Lipinski definition) is 6. The first kappa shape index (κ1) is 19.5. The number of hydrogen-bond donors (Lipinski definition) is 3. The Morgan fingerprint density at radius 1 is 1.03 bits per heavy atom. The van der Waals surface area contributed by atoms with E-state index in [2.05, 4.69) is 25.7 Å². The molecule has 8 nitrogen and oxygen atoms in total. The van der Waals surface area contributed by atoms with Gasteiger partial charge in [-0.1, -0.05) is 18.2 Å². The van der Waals surface area contributed by atoms with Crippen LogP contribution in [0.15, 0.2) is 67.0 Å². The zero-order valence-electron chi connectivity index (χ0n) is 16.3. The summed E-state index contributed by atoms with van der Waals surface area (Å²) in [5.74, 6) is 0.580. The van der Waals surface area contributed by atoms with E-state index in [0.717, 1.165) is 29.2 Å². The van der Waals surface area contributed by atoms with E-state index in [1.807, 2.05) is 42.5 Å². The number of anilines is 1. The van der Waals surface area contributed by atoms with Gasteiger partial charge < -0.3 is 15.7 Å². The summed E-state index contributed by atoms with van der Waals surface area (Å²) in [6.07, 6.45) is 4.27. The summed E-state index contributed by atoms with van der Waals surface area (Å²) in [5.41, 5.74) is 3.80. The molecule has 4 aromatic rings. The van der Waals surface area contributed by atoms with Gasteiger partial charge in [0.15, 0.2) is 5.65 Å². The molecule has 3 heterocycles. The lowest BCUT2D eigenvalue weighted by Gasteiger charge is -2.11. The maximum atomic E-state index is 12.2. The number of aromatic nitrogens is 4. The van der Waals surface area contributed by atoms with E-state index in [1.54, 1.807) is 29.0 Å². The van der Waals surface area contributed by atoms with Gasteiger partial charge in [-0.05, 0) is 24.3 Å². The third-order valence-corrected chi connectivity index (χ3v) is 4.59. The molecule has 3 aromatic heterocycles. The maximum absolute atomic E-state index is 12.2. The Labute approximate surface area is 173 Å². The van der Waals surface area contributed by atoms with E-state index in [9.17, 15) is 4.79 Å². The van der Waals surface area contributed by atoms with Crippen molar-refractivity contribution in [3.8, 4) is 11.3 Å². The second-order valence-electron chi connectivity index (χ2n) is 6.69. The molecule has 8 heteroatoms. The number of aliphatic hydroxyl groups excluding tert-OH is 1.